The minimum Gasteiger partial charge on any atom is -0.282 e. The fourth-order valence-corrected chi connectivity index (χ4v) is 3.60. The van der Waals surface area contributed by atoms with Gasteiger partial charge >= 0.3 is 0 Å². The van der Waals surface area contributed by atoms with Gasteiger partial charge in [-0.25, -0.2) is 0 Å². The van der Waals surface area contributed by atoms with Crippen LogP contribution < -0.4 is 0 Å². The summed E-state index contributed by atoms with van der Waals surface area (Å²) in [7, 11) is -4.07. The first-order chi connectivity index (χ1) is 11.9. The molecule has 0 heterocycles. The Labute approximate surface area is 155 Å². The summed E-state index contributed by atoms with van der Waals surface area (Å²) in [6.07, 6.45) is 15.6. The van der Waals surface area contributed by atoms with Gasteiger partial charge in [-0.05, 0) is 36.5 Å². The average molecular weight is 369 g/mol. The summed E-state index contributed by atoms with van der Waals surface area (Å²) in [5.41, 5.74) is 1.13. The third-order valence-corrected chi connectivity index (χ3v) is 5.59. The van der Waals surface area contributed by atoms with Gasteiger partial charge in [0.1, 0.15) is 0 Å². The van der Waals surface area contributed by atoms with Gasteiger partial charge in [0, 0.05) is 0 Å². The highest BCUT2D eigenvalue weighted by Crippen LogP contribution is 2.15. The lowest BCUT2D eigenvalue weighted by atomic mass is 10.0. The second kappa shape index (κ2) is 12.5. The summed E-state index contributed by atoms with van der Waals surface area (Å²) in [6, 6.07) is 6.54. The van der Waals surface area contributed by atoms with Gasteiger partial charge in [0.15, 0.2) is 0 Å². The minimum absolute atomic E-state index is 0.0274. The highest BCUT2D eigenvalue weighted by Gasteiger charge is 2.08. The molecule has 4 heteroatoms. The van der Waals surface area contributed by atoms with E-state index in [4.69, 9.17) is 4.55 Å². The summed E-state index contributed by atoms with van der Waals surface area (Å²) >= 11 is 0. The molecule has 0 saturated carbocycles. The van der Waals surface area contributed by atoms with Crippen LogP contribution >= 0.6 is 0 Å². The van der Waals surface area contributed by atoms with E-state index in [1.807, 2.05) is 0 Å². The number of hydrogen-bond acceptors (Lipinski definition) is 2. The topological polar surface area (TPSA) is 54.4 Å². The first kappa shape index (κ1) is 22.2. The quantitative estimate of drug-likeness (QED) is 0.304. The van der Waals surface area contributed by atoms with Crippen LogP contribution in [0.5, 0.6) is 0 Å². The lowest BCUT2D eigenvalue weighted by Crippen LogP contribution is -1.98. The molecular formula is C21H36O3S. The highest BCUT2D eigenvalue weighted by molar-refractivity contribution is 7.85. The summed E-state index contributed by atoms with van der Waals surface area (Å²) in [4.78, 5) is -0.0274. The highest BCUT2D eigenvalue weighted by atomic mass is 32.2. The van der Waals surface area contributed by atoms with Crippen molar-refractivity contribution >= 4 is 10.1 Å². The van der Waals surface area contributed by atoms with Gasteiger partial charge in [-0.2, -0.15) is 8.42 Å². The van der Waals surface area contributed by atoms with Crippen molar-refractivity contribution in [2.24, 2.45) is 5.92 Å². The van der Waals surface area contributed by atoms with Crippen LogP contribution in [0.15, 0.2) is 29.2 Å². The molecule has 1 rings (SSSR count). The average Bonchev–Trinajstić information content (AvgIpc) is 2.55. The number of unbranched alkanes of at least 4 members (excludes halogenated alkanes) is 9. The van der Waals surface area contributed by atoms with E-state index in [9.17, 15) is 8.42 Å². The van der Waals surface area contributed by atoms with Crippen molar-refractivity contribution in [3.63, 3.8) is 0 Å². The van der Waals surface area contributed by atoms with Gasteiger partial charge in [-0.15, -0.1) is 0 Å². The maximum absolute atomic E-state index is 11.0. The third kappa shape index (κ3) is 11.4. The Morgan fingerprint density at radius 1 is 0.760 bits per heavy atom. The van der Waals surface area contributed by atoms with E-state index in [2.05, 4.69) is 13.8 Å². The van der Waals surface area contributed by atoms with Crippen molar-refractivity contribution in [2.75, 3.05) is 0 Å². The molecule has 0 unspecified atom stereocenters. The second-order valence-corrected chi connectivity index (χ2v) is 9.01. The van der Waals surface area contributed by atoms with E-state index in [1.54, 1.807) is 12.1 Å². The van der Waals surface area contributed by atoms with E-state index < -0.39 is 10.1 Å². The SMILES string of the molecule is CC(C)CCCCCCCCCCCCc1ccc(S(=O)(=O)O)cc1. The fraction of sp³-hybridized carbons (Fsp3) is 0.714. The zero-order valence-electron chi connectivity index (χ0n) is 16.0. The molecule has 0 atom stereocenters. The molecule has 0 aliphatic carbocycles. The summed E-state index contributed by atoms with van der Waals surface area (Å²) in [5.74, 6) is 0.848. The van der Waals surface area contributed by atoms with Crippen LogP contribution in [0.25, 0.3) is 0 Å². The van der Waals surface area contributed by atoms with Gasteiger partial charge in [0.25, 0.3) is 10.1 Å². The summed E-state index contributed by atoms with van der Waals surface area (Å²) in [6.45, 7) is 4.60. The predicted octanol–water partition coefficient (Wildman–Crippen LogP) is 6.42. The van der Waals surface area contributed by atoms with E-state index in [0.29, 0.717) is 0 Å². The third-order valence-electron chi connectivity index (χ3n) is 4.72. The Morgan fingerprint density at radius 3 is 1.64 bits per heavy atom. The van der Waals surface area contributed by atoms with E-state index >= 15 is 0 Å². The molecule has 0 aliphatic rings. The van der Waals surface area contributed by atoms with Crippen molar-refractivity contribution in [3.8, 4) is 0 Å². The van der Waals surface area contributed by atoms with Crippen molar-refractivity contribution in [1.29, 1.82) is 0 Å². The van der Waals surface area contributed by atoms with Crippen LogP contribution in [-0.2, 0) is 16.5 Å². The molecule has 0 radical (unpaired) electrons. The van der Waals surface area contributed by atoms with Gasteiger partial charge in [-0.3, -0.25) is 4.55 Å². The molecule has 0 fully saturated rings. The van der Waals surface area contributed by atoms with Crippen LogP contribution in [0, 0.1) is 5.92 Å². The maximum atomic E-state index is 11.0. The molecule has 0 aliphatic heterocycles. The smallest absolute Gasteiger partial charge is 0.282 e. The van der Waals surface area contributed by atoms with Gasteiger partial charge in [0.05, 0.1) is 4.90 Å². The molecule has 3 nitrogen and oxygen atoms in total. The fourth-order valence-electron chi connectivity index (χ4n) is 3.12. The lowest BCUT2D eigenvalue weighted by molar-refractivity contribution is 0.483. The molecule has 0 saturated heterocycles. The van der Waals surface area contributed by atoms with E-state index in [-0.39, 0.29) is 4.90 Å². The molecule has 0 aromatic heterocycles. The Bertz CT molecular complexity index is 547. The van der Waals surface area contributed by atoms with Crippen molar-refractivity contribution in [3.05, 3.63) is 29.8 Å². The second-order valence-electron chi connectivity index (χ2n) is 7.59. The molecule has 1 N–H and O–H groups in total. The number of rotatable bonds is 14. The molecule has 1 aromatic carbocycles. The Hall–Kier alpha value is -0.870. The van der Waals surface area contributed by atoms with Gasteiger partial charge < -0.3 is 0 Å². The number of aryl methyl sites for hydroxylation is 1. The van der Waals surface area contributed by atoms with Crippen LogP contribution in [0.3, 0.4) is 0 Å². The molecule has 0 spiro atoms. The lowest BCUT2D eigenvalue weighted by Gasteiger charge is -2.05. The van der Waals surface area contributed by atoms with E-state index in [0.717, 1.165) is 24.3 Å². The monoisotopic (exact) mass is 368 g/mol. The first-order valence-corrected chi connectivity index (χ1v) is 11.4. The number of benzene rings is 1. The van der Waals surface area contributed by atoms with Crippen molar-refractivity contribution in [1.82, 2.24) is 0 Å². The zero-order chi connectivity index (χ0) is 18.5. The predicted molar refractivity (Wildman–Crippen MR) is 106 cm³/mol. The van der Waals surface area contributed by atoms with Crippen LogP contribution in [0.4, 0.5) is 0 Å². The minimum atomic E-state index is -4.07. The van der Waals surface area contributed by atoms with E-state index in [1.165, 1.54) is 76.3 Å². The van der Waals surface area contributed by atoms with Crippen molar-refractivity contribution in [2.45, 2.75) is 95.8 Å². The van der Waals surface area contributed by atoms with Crippen LogP contribution in [0.1, 0.15) is 90.0 Å². The standard InChI is InChI=1S/C21H36O3S/c1-19(2)13-11-9-7-5-3-4-6-8-10-12-14-20-15-17-21(18-16-20)25(22,23)24/h15-19H,3-14H2,1-2H3,(H,22,23,24). The first-order valence-electron chi connectivity index (χ1n) is 9.96. The maximum Gasteiger partial charge on any atom is 0.294 e. The van der Waals surface area contributed by atoms with Crippen LogP contribution in [0.2, 0.25) is 0 Å². The Balaban J connectivity index is 1.95. The molecule has 1 aromatic rings. The van der Waals surface area contributed by atoms with Gasteiger partial charge in [0.2, 0.25) is 0 Å². The van der Waals surface area contributed by atoms with Gasteiger partial charge in [-0.1, -0.05) is 90.2 Å². The summed E-state index contributed by atoms with van der Waals surface area (Å²) < 4.78 is 30.9. The Kier molecular flexibility index (Phi) is 11.1. The molecule has 0 bridgehead atoms. The zero-order valence-corrected chi connectivity index (χ0v) is 16.9. The number of hydrogen-bond donors (Lipinski definition) is 1. The normalized spacial score (nSPS) is 12.0. The van der Waals surface area contributed by atoms with Crippen molar-refractivity contribution < 1.29 is 13.0 Å². The van der Waals surface area contributed by atoms with Crippen LogP contribution in [-0.4, -0.2) is 13.0 Å². The molecule has 0 amide bonds. The molecular weight excluding hydrogens is 332 g/mol. The summed E-state index contributed by atoms with van der Waals surface area (Å²) in [5, 5.41) is 0. The largest absolute Gasteiger partial charge is 0.294 e. The molecule has 144 valence electrons. The molecule has 25 heavy (non-hydrogen) atoms. The Morgan fingerprint density at radius 2 is 1.20 bits per heavy atom.